The third kappa shape index (κ3) is 10.9. The van der Waals surface area contributed by atoms with Crippen LogP contribution in [0.4, 0.5) is 0 Å². The summed E-state index contributed by atoms with van der Waals surface area (Å²) in [6.45, 7) is 8.14. The second-order valence-corrected chi connectivity index (χ2v) is 11.3. The largest absolute Gasteiger partial charge is 0.339 e. The van der Waals surface area contributed by atoms with Crippen LogP contribution in [0.5, 0.6) is 0 Å². The van der Waals surface area contributed by atoms with Gasteiger partial charge in [0.1, 0.15) is 0 Å². The molecule has 0 heterocycles. The van der Waals surface area contributed by atoms with Crippen LogP contribution in [0.25, 0.3) is 0 Å². The molecular weight excluding hydrogens is 587 g/mol. The van der Waals surface area contributed by atoms with Gasteiger partial charge < -0.3 is 13.8 Å². The molecule has 0 unspecified atom stereocenters. The van der Waals surface area contributed by atoms with Gasteiger partial charge in [0.2, 0.25) is 0 Å². The van der Waals surface area contributed by atoms with Gasteiger partial charge in [0, 0.05) is 33.0 Å². The first kappa shape index (κ1) is 35.5. The summed E-state index contributed by atoms with van der Waals surface area (Å²) in [5, 5.41) is 5.64. The normalized spacial score (nSPS) is 9.29. The number of benzene rings is 4. The van der Waals surface area contributed by atoms with Crippen molar-refractivity contribution in [3.63, 3.8) is 0 Å². The predicted molar refractivity (Wildman–Crippen MR) is 153 cm³/mol. The quantitative estimate of drug-likeness (QED) is 0.128. The standard InChI is InChI=1S/2C14H14P.2ClH.2Ni/c2*1-2-15(13-9-5-3-6-10-13)14-11-7-4-8-12-14;;;;/h2*3-12H,1-2H2;2*1H;;/q2*-1;;;;. The van der Waals surface area contributed by atoms with Crippen LogP contribution in [-0.4, -0.2) is 12.3 Å². The zero-order valence-corrected chi connectivity index (χ0v) is 24.1. The van der Waals surface area contributed by atoms with Crippen molar-refractivity contribution < 1.29 is 33.0 Å². The van der Waals surface area contributed by atoms with Gasteiger partial charge in [0.05, 0.1) is 0 Å². The van der Waals surface area contributed by atoms with E-state index in [1.165, 1.54) is 21.2 Å². The summed E-state index contributed by atoms with van der Waals surface area (Å²) in [4.78, 5) is 0. The second kappa shape index (κ2) is 20.5. The number of rotatable bonds is 6. The molecule has 0 radical (unpaired) electrons. The van der Waals surface area contributed by atoms with Gasteiger partial charge in [-0.1, -0.05) is 137 Å². The van der Waals surface area contributed by atoms with Crippen LogP contribution in [0.2, 0.25) is 0 Å². The van der Waals surface area contributed by atoms with E-state index < -0.39 is 0 Å². The Morgan fingerprint density at radius 2 is 0.559 bits per heavy atom. The van der Waals surface area contributed by atoms with Gasteiger partial charge in [0.25, 0.3) is 0 Å². The molecule has 0 bridgehead atoms. The smallest absolute Gasteiger partial charge is 0 e. The fourth-order valence-corrected chi connectivity index (χ4v) is 7.00. The Morgan fingerprint density at radius 3 is 0.706 bits per heavy atom. The zero-order chi connectivity index (χ0) is 21.0. The van der Waals surface area contributed by atoms with E-state index in [2.05, 4.69) is 135 Å². The first-order chi connectivity index (χ1) is 14.8. The summed E-state index contributed by atoms with van der Waals surface area (Å²) in [5.41, 5.74) is 0. The fourth-order valence-electron chi connectivity index (χ4n) is 3.25. The van der Waals surface area contributed by atoms with Crippen molar-refractivity contribution in [2.45, 2.75) is 0 Å². The Balaban J connectivity index is 0. The van der Waals surface area contributed by atoms with Crippen molar-refractivity contribution in [2.24, 2.45) is 0 Å². The molecule has 0 aliphatic carbocycles. The summed E-state index contributed by atoms with van der Waals surface area (Å²) in [5.74, 6) is 0. The molecule has 0 saturated heterocycles. The molecular formula is C28H30Cl2Ni2P2-2. The molecule has 0 saturated carbocycles. The maximum atomic E-state index is 4.07. The van der Waals surface area contributed by atoms with Gasteiger partial charge >= 0.3 is 0 Å². The summed E-state index contributed by atoms with van der Waals surface area (Å²) < 4.78 is 0. The molecule has 4 aromatic rings. The molecule has 0 aromatic heterocycles. The molecule has 0 N–H and O–H groups in total. The third-order valence-electron chi connectivity index (χ3n) is 4.72. The minimum Gasteiger partial charge on any atom is -0.339 e. The molecule has 4 rings (SSSR count). The van der Waals surface area contributed by atoms with Crippen molar-refractivity contribution in [3.8, 4) is 0 Å². The number of hydrogen-bond donors (Lipinski definition) is 0. The van der Waals surface area contributed by atoms with Crippen molar-refractivity contribution in [2.75, 3.05) is 12.3 Å². The monoisotopic (exact) mass is 614 g/mol. The van der Waals surface area contributed by atoms with Crippen molar-refractivity contribution in [1.82, 2.24) is 0 Å². The third-order valence-corrected chi connectivity index (χ3v) is 9.30. The molecule has 4 aromatic carbocycles. The van der Waals surface area contributed by atoms with Crippen LogP contribution in [0, 0.1) is 13.8 Å². The van der Waals surface area contributed by atoms with Crippen LogP contribution >= 0.6 is 40.7 Å². The summed E-state index contributed by atoms with van der Waals surface area (Å²) in [7, 11) is -0.520. The van der Waals surface area contributed by atoms with E-state index in [1.54, 1.807) is 0 Å². The van der Waals surface area contributed by atoms with Crippen LogP contribution in [-0.2, 0) is 33.0 Å². The topological polar surface area (TPSA) is 0 Å². The first-order valence-corrected chi connectivity index (χ1v) is 13.2. The minimum atomic E-state index is -0.260. The van der Waals surface area contributed by atoms with Crippen molar-refractivity contribution in [3.05, 3.63) is 135 Å². The molecule has 0 aliphatic rings. The first-order valence-electron chi connectivity index (χ1n) is 10.2. The Bertz CT molecular complexity index is 814. The van der Waals surface area contributed by atoms with Crippen LogP contribution < -0.4 is 21.2 Å². The molecule has 34 heavy (non-hydrogen) atoms. The van der Waals surface area contributed by atoms with E-state index >= 15 is 0 Å². The molecule has 0 atom stereocenters. The van der Waals surface area contributed by atoms with Crippen LogP contribution in [0.15, 0.2) is 121 Å². The molecule has 188 valence electrons. The SMILES string of the molecule is Cl.Cl.[CH2-]CP(c1ccccc1)c1ccccc1.[CH2-]CP(c1ccccc1)c1ccccc1.[Ni].[Ni]. The van der Waals surface area contributed by atoms with E-state index in [1.807, 2.05) is 0 Å². The van der Waals surface area contributed by atoms with Gasteiger partial charge in [0.15, 0.2) is 0 Å². The molecule has 6 heteroatoms. The van der Waals surface area contributed by atoms with E-state index in [0.29, 0.717) is 0 Å². The van der Waals surface area contributed by atoms with E-state index in [4.69, 9.17) is 0 Å². The van der Waals surface area contributed by atoms with E-state index in [9.17, 15) is 0 Å². The fraction of sp³-hybridized carbons (Fsp3) is 0.0714. The maximum Gasteiger partial charge on any atom is 0 e. The van der Waals surface area contributed by atoms with E-state index in [-0.39, 0.29) is 73.6 Å². The van der Waals surface area contributed by atoms with Gasteiger partial charge in [-0.15, -0.1) is 24.8 Å². The Hall–Kier alpha value is -0.693. The van der Waals surface area contributed by atoms with Crippen LogP contribution in [0.1, 0.15) is 0 Å². The number of halogens is 2. The molecule has 0 nitrogen and oxygen atoms in total. The van der Waals surface area contributed by atoms with Crippen molar-refractivity contribution in [1.29, 1.82) is 0 Å². The number of hydrogen-bond acceptors (Lipinski definition) is 0. The maximum absolute atomic E-state index is 4.07. The second-order valence-electron chi connectivity index (χ2n) is 6.65. The van der Waals surface area contributed by atoms with Crippen LogP contribution in [0.3, 0.4) is 0 Å². The summed E-state index contributed by atoms with van der Waals surface area (Å²) in [6, 6.07) is 42.6. The Labute approximate surface area is 240 Å². The van der Waals surface area contributed by atoms with Gasteiger partial charge in [-0.05, 0) is 21.2 Å². The molecule has 0 spiro atoms. The summed E-state index contributed by atoms with van der Waals surface area (Å²) in [6.07, 6.45) is 1.92. The molecule has 0 fully saturated rings. The Morgan fingerprint density at radius 1 is 0.382 bits per heavy atom. The average molecular weight is 617 g/mol. The predicted octanol–water partition coefficient (Wildman–Crippen LogP) is 6.75. The van der Waals surface area contributed by atoms with Gasteiger partial charge in [-0.25, -0.2) is 0 Å². The molecule has 0 aliphatic heterocycles. The van der Waals surface area contributed by atoms with E-state index in [0.717, 1.165) is 12.3 Å². The van der Waals surface area contributed by atoms with Gasteiger partial charge in [-0.2, -0.15) is 12.3 Å². The average Bonchev–Trinajstić information content (AvgIpc) is 2.83. The van der Waals surface area contributed by atoms with Crippen molar-refractivity contribution >= 4 is 61.9 Å². The van der Waals surface area contributed by atoms with Gasteiger partial charge in [-0.3, -0.25) is 0 Å². The Kier molecular flexibility index (Phi) is 21.4. The molecule has 0 amide bonds. The minimum absolute atomic E-state index is 0. The zero-order valence-electron chi connectivity index (χ0n) is 18.7. The summed E-state index contributed by atoms with van der Waals surface area (Å²) >= 11 is 0.